The molecule has 0 radical (unpaired) electrons. The Balaban J connectivity index is 1.05. The first kappa shape index (κ1) is 92.0. The second-order valence-corrected chi connectivity index (χ2v) is 33.0. The van der Waals surface area contributed by atoms with Crippen molar-refractivity contribution in [3.8, 4) is 5.75 Å². The predicted octanol–water partition coefficient (Wildman–Crippen LogP) is 8.41. The zero-order chi connectivity index (χ0) is 81.9. The van der Waals surface area contributed by atoms with Crippen LogP contribution in [-0.2, 0) is 78.4 Å². The quantitative estimate of drug-likeness (QED) is 0.00918. The molecule has 608 valence electrons. The van der Waals surface area contributed by atoms with Gasteiger partial charge in [-0.05, 0) is 131 Å². The molecule has 2 heterocycles. The fourth-order valence-corrected chi connectivity index (χ4v) is 15.5. The Morgan fingerprint density at radius 2 is 1.35 bits per heavy atom. The summed E-state index contributed by atoms with van der Waals surface area (Å²) in [7, 11) is 8.94. The molecular weight excluding hydrogens is 1460 g/mol. The molecule has 7 N–H and O–H groups in total. The summed E-state index contributed by atoms with van der Waals surface area (Å²) in [6.45, 7) is 25.6. The van der Waals surface area contributed by atoms with Gasteiger partial charge in [0, 0.05) is 76.7 Å². The van der Waals surface area contributed by atoms with Crippen LogP contribution in [0.15, 0.2) is 84.0 Å². The monoisotopic (exact) mass is 1570 g/mol. The Hall–Kier alpha value is -8.65. The highest BCUT2D eigenvalue weighted by Gasteiger charge is 2.44. The van der Waals surface area contributed by atoms with Gasteiger partial charge < -0.3 is 65.3 Å². The third-order valence-corrected chi connectivity index (χ3v) is 22.9. The number of carbonyl (C=O) groups excluding carboxylic acids is 12. The van der Waals surface area contributed by atoms with Gasteiger partial charge >= 0.3 is 12.1 Å². The van der Waals surface area contributed by atoms with Crippen molar-refractivity contribution < 1.29 is 86.4 Å². The topological polar surface area (TPSA) is 369 Å². The highest BCUT2D eigenvalue weighted by molar-refractivity contribution is 8.77. The molecule has 110 heavy (non-hydrogen) atoms. The van der Waals surface area contributed by atoms with Gasteiger partial charge in [-0.15, -0.1) is 5.06 Å². The molecule has 0 unspecified atom stereocenters. The smallest absolute Gasteiger partial charge is 0.410 e. The van der Waals surface area contributed by atoms with Gasteiger partial charge in [-0.2, -0.15) is 5.10 Å². The number of hydrogen-bond acceptors (Lipinski definition) is 21. The lowest BCUT2D eigenvalue weighted by Gasteiger charge is -2.41. The van der Waals surface area contributed by atoms with E-state index in [1.165, 1.54) is 54.7 Å². The van der Waals surface area contributed by atoms with E-state index in [9.17, 15) is 62.6 Å². The van der Waals surface area contributed by atoms with Gasteiger partial charge in [0.05, 0.1) is 67.5 Å². The first-order valence-electron chi connectivity index (χ1n) is 37.7. The van der Waals surface area contributed by atoms with Crippen LogP contribution in [0.1, 0.15) is 184 Å². The molecule has 0 bridgehead atoms. The summed E-state index contributed by atoms with van der Waals surface area (Å²) < 4.78 is 22.9. The number of aliphatic hydroxyl groups is 1. The van der Waals surface area contributed by atoms with Crippen LogP contribution in [0.4, 0.5) is 10.5 Å². The number of hydrazone groups is 1. The number of imide groups is 1. The molecule has 2 fully saturated rings. The Morgan fingerprint density at radius 3 is 1.95 bits per heavy atom. The predicted molar refractivity (Wildman–Crippen MR) is 420 cm³/mol. The number of hydrogen-bond donors (Lipinski definition) is 7. The number of amides is 11. The molecule has 2 saturated heterocycles. The fourth-order valence-electron chi connectivity index (χ4n) is 13.0. The van der Waals surface area contributed by atoms with Gasteiger partial charge in [0.25, 0.3) is 11.8 Å². The number of carbonyl (C=O) groups is 12. The van der Waals surface area contributed by atoms with Crippen LogP contribution in [0, 0.1) is 29.6 Å². The van der Waals surface area contributed by atoms with Crippen molar-refractivity contribution in [3.05, 3.63) is 95.6 Å². The maximum absolute atomic E-state index is 14.8. The summed E-state index contributed by atoms with van der Waals surface area (Å²) in [5.41, 5.74) is 5.48. The first-order chi connectivity index (χ1) is 51.9. The van der Waals surface area contributed by atoms with E-state index in [-0.39, 0.29) is 87.2 Å². The number of hydroxylamine groups is 2. The van der Waals surface area contributed by atoms with Gasteiger partial charge in [0.15, 0.2) is 0 Å². The molecule has 0 saturated carbocycles. The maximum atomic E-state index is 14.8. The van der Waals surface area contributed by atoms with E-state index in [0.29, 0.717) is 71.3 Å². The normalized spacial score (nSPS) is 17.0. The first-order valence-corrected chi connectivity index (χ1v) is 40.0. The molecule has 2 aliphatic rings. The average molecular weight is 1570 g/mol. The van der Waals surface area contributed by atoms with Crippen LogP contribution in [0.5, 0.6) is 5.75 Å². The molecule has 29 nitrogen and oxygen atoms in total. The Morgan fingerprint density at radius 1 is 0.718 bits per heavy atom. The summed E-state index contributed by atoms with van der Waals surface area (Å²) >= 11 is 0. The van der Waals surface area contributed by atoms with Crippen molar-refractivity contribution in [1.82, 2.24) is 46.5 Å². The van der Waals surface area contributed by atoms with Crippen molar-refractivity contribution in [1.29, 1.82) is 0 Å². The van der Waals surface area contributed by atoms with Crippen LogP contribution >= 0.6 is 21.6 Å². The van der Waals surface area contributed by atoms with Gasteiger partial charge in [-0.25, -0.2) is 15.0 Å². The summed E-state index contributed by atoms with van der Waals surface area (Å²) in [4.78, 5) is 169. The van der Waals surface area contributed by atoms with Gasteiger partial charge in [-0.1, -0.05) is 133 Å². The number of anilines is 1. The zero-order valence-electron chi connectivity index (χ0n) is 67.0. The molecule has 3 aromatic rings. The minimum atomic E-state index is -1.07. The summed E-state index contributed by atoms with van der Waals surface area (Å²) in [5.74, 6) is -6.27. The zero-order valence-corrected chi connectivity index (χ0v) is 68.6. The maximum Gasteiger partial charge on any atom is 0.410 e. The van der Waals surface area contributed by atoms with E-state index < -0.39 is 131 Å². The highest BCUT2D eigenvalue weighted by Crippen LogP contribution is 2.39. The molecule has 11 amide bonds. The van der Waals surface area contributed by atoms with Crippen LogP contribution in [0.2, 0.25) is 0 Å². The van der Waals surface area contributed by atoms with E-state index in [2.05, 4.69) is 37.1 Å². The lowest BCUT2D eigenvalue weighted by Crippen LogP contribution is -2.60. The highest BCUT2D eigenvalue weighted by atomic mass is 33.1. The van der Waals surface area contributed by atoms with Gasteiger partial charge in [0.1, 0.15) is 36.5 Å². The van der Waals surface area contributed by atoms with Gasteiger partial charge in [0.2, 0.25) is 47.3 Å². The van der Waals surface area contributed by atoms with Crippen molar-refractivity contribution in [2.75, 3.05) is 52.5 Å². The number of likely N-dealkylation sites (N-methyl/N-ethyl adjacent to an activating group) is 2. The fraction of sp³-hybridized carbons (Fsp3) is 0.608. The van der Waals surface area contributed by atoms with Crippen LogP contribution in [0.3, 0.4) is 0 Å². The number of aliphatic hydroxyl groups excluding tert-OH is 1. The third-order valence-electron chi connectivity index (χ3n) is 19.6. The standard InChI is InChI=1S/C79H117N11O18S2/c1-19-49(8)70(60(104-17)43-65(95)89-40-23-27-59(89)72(105-18)50(9)73(98)80-52(11)71(97)56-25-21-20-22-26-56)87(15)77(102)68(47(4)5)84-76(101)69(48(6)7)88(16)78(103)107-45-54-29-33-57(34-30-54)82-74(99)53(12)81-75(100)67(46(2)3)83-61(91)39-42-109-110-79(13,14)44-62(92)86-85-51(10)55-31-35-58(36-32-55)106-41-24-28-66(96)108-90-63(93)37-38-64(90)94/h20-22,25-26,29-36,46-50,52-53,59-60,67-72,97H,19,23-24,27-28,37-45H2,1-18H3,(H,80,98)(H,81,100)(H,82,99)(H,83,91)(H,84,101)(H,86,92)/b85-51+/t49-,50+,52+,53-,59-,60+,67-,68-,69-,70-,71+,72+/m0/s1. The second kappa shape index (κ2) is 44.4. The Kier molecular flexibility index (Phi) is 37.1. The number of ether oxygens (including phenoxy) is 4. The number of nitrogens with one attached hydrogen (secondary N) is 6. The SMILES string of the molecule is CC[C@H](C)[C@@H]([C@@H](CC(=O)N1CCC[C@H]1[C@H](OC)[C@@H](C)C(=O)N[C@H](C)[C@@H](O)c1ccccc1)OC)N(C)C(=O)[C@@H](NC(=O)[C@H](C(C)C)N(C)C(=O)OCc1ccc(NC(=O)[C@H](C)NC(=O)[C@@H](NC(=O)CCSSC(C)(C)CC(=O)N/N=C(\C)c2ccc(OCCCC(=O)ON3C(=O)CCC3=O)cc2)C(C)C)cc1)C(C)C. The third kappa shape index (κ3) is 27.7. The molecule has 5 rings (SSSR count). The van der Waals surface area contributed by atoms with E-state index in [4.69, 9.17) is 23.8 Å². The lowest BCUT2D eigenvalue weighted by molar-refractivity contribution is -0.197. The molecule has 0 spiro atoms. The molecule has 2 aliphatic heterocycles. The number of methoxy groups -OCH3 is 2. The van der Waals surface area contributed by atoms with E-state index in [0.717, 1.165) is 5.56 Å². The summed E-state index contributed by atoms with van der Waals surface area (Å²) in [6.07, 6.45) is -0.925. The van der Waals surface area contributed by atoms with Crippen molar-refractivity contribution >= 4 is 104 Å². The molecule has 3 aromatic carbocycles. The number of nitrogens with zero attached hydrogens (tertiary/aromatic N) is 5. The Bertz CT molecular complexity index is 3610. The van der Waals surface area contributed by atoms with Crippen molar-refractivity contribution in [2.45, 2.75) is 233 Å². The van der Waals surface area contributed by atoms with E-state index in [1.807, 2.05) is 45.9 Å². The second-order valence-electron chi connectivity index (χ2n) is 29.9. The number of benzene rings is 3. The molecule has 12 atom stereocenters. The minimum absolute atomic E-state index is 0.0159. The van der Waals surface area contributed by atoms with E-state index in [1.54, 1.807) is 140 Å². The molecule has 0 aliphatic carbocycles. The molecular formula is C79H117N11O18S2. The van der Waals surface area contributed by atoms with Crippen LogP contribution < -0.4 is 36.7 Å². The summed E-state index contributed by atoms with van der Waals surface area (Å²) in [5, 5.41) is 29.9. The van der Waals surface area contributed by atoms with E-state index >= 15 is 0 Å². The molecule has 31 heteroatoms. The number of rotatable bonds is 43. The largest absolute Gasteiger partial charge is 0.494 e. The van der Waals surface area contributed by atoms with Crippen LogP contribution in [0.25, 0.3) is 0 Å². The average Bonchev–Trinajstić information content (AvgIpc) is 1.13. The Labute approximate surface area is 655 Å². The van der Waals surface area contributed by atoms with Crippen molar-refractivity contribution in [2.24, 2.45) is 34.7 Å². The summed E-state index contributed by atoms with van der Waals surface area (Å²) in [6, 6.07) is 16.7. The van der Waals surface area contributed by atoms with Gasteiger partial charge in [-0.3, -0.25) is 52.8 Å². The van der Waals surface area contributed by atoms with Crippen molar-refractivity contribution in [3.63, 3.8) is 0 Å². The molecule has 0 aromatic heterocycles. The minimum Gasteiger partial charge on any atom is -0.494 e. The lowest BCUT2D eigenvalue weighted by atomic mass is 9.89. The number of likely N-dealkylation sites (tertiary alicyclic amines) is 1. The van der Waals surface area contributed by atoms with Crippen LogP contribution in [-0.4, -0.2) is 208 Å².